The third kappa shape index (κ3) is 15.9. The fourth-order valence-electron chi connectivity index (χ4n) is 4.09. The van der Waals surface area contributed by atoms with Crippen LogP contribution in [0.1, 0.15) is 142 Å². The number of rotatable bonds is 22. The number of unbranched alkanes of at least 4 members (excludes halogenated alkanes) is 16. The molecule has 172 valence electrons. The Morgan fingerprint density at radius 2 is 0.733 bits per heavy atom. The molecule has 0 aromatic heterocycles. The Kier molecular flexibility index (Phi) is 24.2. The zero-order chi connectivity index (χ0) is 21.8. The van der Waals surface area contributed by atoms with Crippen molar-refractivity contribution in [2.45, 2.75) is 142 Å². The molecule has 0 fully saturated rings. The van der Waals surface area contributed by atoms with Crippen molar-refractivity contribution in [3.05, 3.63) is 0 Å². The van der Waals surface area contributed by atoms with Crippen molar-refractivity contribution in [2.24, 2.45) is 5.41 Å². The number of carboxylic acids is 2. The maximum absolute atomic E-state index is 11.7. The smallest absolute Gasteiger partial charge is 0.549 e. The maximum atomic E-state index is 11.7. The van der Waals surface area contributed by atoms with E-state index in [4.69, 9.17) is 0 Å². The molecule has 0 atom stereocenters. The fourth-order valence-corrected chi connectivity index (χ4v) is 4.09. The van der Waals surface area contributed by atoms with Gasteiger partial charge in [-0.05, 0) is 12.8 Å². The molecule has 0 saturated heterocycles. The summed E-state index contributed by atoms with van der Waals surface area (Å²) in [6.45, 7) is 4.40. The second-order valence-electron chi connectivity index (χ2n) is 8.81. The third-order valence-corrected chi connectivity index (χ3v) is 6.20. The number of carbonyl (C=O) groups is 2. The summed E-state index contributed by atoms with van der Waals surface area (Å²) in [5.74, 6) is -2.92. The summed E-state index contributed by atoms with van der Waals surface area (Å²) in [5, 5.41) is 23.3. The number of carbonyl (C=O) groups excluding carboxylic acids is 2. The summed E-state index contributed by atoms with van der Waals surface area (Å²) in [7, 11) is 0. The van der Waals surface area contributed by atoms with Crippen LogP contribution in [0.25, 0.3) is 0 Å². The number of carboxylic acid groups (broad SMARTS) is 2. The summed E-state index contributed by atoms with van der Waals surface area (Å²) in [4.78, 5) is 23.3. The normalized spacial score (nSPS) is 11.3. The second kappa shape index (κ2) is 22.4. The topological polar surface area (TPSA) is 80.3 Å². The molecule has 0 radical (unpaired) electrons. The minimum absolute atomic E-state index is 0. The molecule has 0 aliphatic rings. The van der Waals surface area contributed by atoms with Crippen LogP contribution in [0.3, 0.4) is 0 Å². The van der Waals surface area contributed by atoms with E-state index >= 15 is 0 Å². The van der Waals surface area contributed by atoms with Gasteiger partial charge >= 0.3 is 37.7 Å². The van der Waals surface area contributed by atoms with Gasteiger partial charge in [-0.2, -0.15) is 0 Å². The molecule has 0 bridgehead atoms. The van der Waals surface area contributed by atoms with Gasteiger partial charge in [-0.3, -0.25) is 0 Å². The molecule has 5 heteroatoms. The van der Waals surface area contributed by atoms with Gasteiger partial charge in [-0.1, -0.05) is 129 Å². The second-order valence-corrected chi connectivity index (χ2v) is 8.81. The maximum Gasteiger partial charge on any atom is 2.00 e. The van der Waals surface area contributed by atoms with E-state index in [1.165, 1.54) is 64.2 Å². The molecule has 0 spiro atoms. The average Bonchev–Trinajstić information content (AvgIpc) is 2.69. The molecule has 0 unspecified atom stereocenters. The van der Waals surface area contributed by atoms with Crippen LogP contribution in [0, 0.1) is 5.41 Å². The molecule has 0 rings (SSSR count). The Bertz CT molecular complexity index is 398. The molecule has 4 nitrogen and oxygen atoms in total. The summed E-state index contributed by atoms with van der Waals surface area (Å²) in [5.41, 5.74) is -1.80. The van der Waals surface area contributed by atoms with Gasteiger partial charge in [-0.15, -0.1) is 0 Å². The van der Waals surface area contributed by atoms with Gasteiger partial charge in [0.05, 0.1) is 11.9 Å². The molecular formula is C25H46CaO4. The number of hydrogen-bond acceptors (Lipinski definition) is 4. The van der Waals surface area contributed by atoms with Gasteiger partial charge < -0.3 is 19.8 Å². The van der Waals surface area contributed by atoms with Crippen molar-refractivity contribution in [3.8, 4) is 0 Å². The fraction of sp³-hybridized carbons (Fsp3) is 0.920. The third-order valence-electron chi connectivity index (χ3n) is 6.20. The first kappa shape index (κ1) is 32.4. The molecule has 0 aromatic carbocycles. The first-order valence-electron chi connectivity index (χ1n) is 12.4. The van der Waals surface area contributed by atoms with Crippen molar-refractivity contribution in [1.82, 2.24) is 0 Å². The van der Waals surface area contributed by atoms with Crippen molar-refractivity contribution >= 4 is 49.7 Å². The quantitative estimate of drug-likeness (QED) is 0.133. The predicted molar refractivity (Wildman–Crippen MR) is 122 cm³/mol. The zero-order valence-corrected chi connectivity index (χ0v) is 22.2. The van der Waals surface area contributed by atoms with Gasteiger partial charge in [0.25, 0.3) is 0 Å². The van der Waals surface area contributed by atoms with E-state index in [9.17, 15) is 19.8 Å². The number of aliphatic carboxylic acids is 2. The number of hydrogen-bond donors (Lipinski definition) is 0. The molecule has 0 aliphatic carbocycles. The van der Waals surface area contributed by atoms with Gasteiger partial charge in [0.2, 0.25) is 0 Å². The Morgan fingerprint density at radius 3 is 0.967 bits per heavy atom. The van der Waals surface area contributed by atoms with E-state index in [2.05, 4.69) is 13.8 Å². The van der Waals surface area contributed by atoms with Crippen LogP contribution in [0.15, 0.2) is 0 Å². The Morgan fingerprint density at radius 1 is 0.500 bits per heavy atom. The van der Waals surface area contributed by atoms with Crippen LogP contribution >= 0.6 is 0 Å². The summed E-state index contributed by atoms with van der Waals surface area (Å²) in [6.07, 6.45) is 20.3. The standard InChI is InChI=1S/C25H48O4.Ca/c1-3-5-7-9-11-13-14-16-18-20-22-25(23(26)27,24(28)29)21-19-17-15-12-10-8-6-4-2;/h3-22H2,1-2H3,(H,26,27)(H,28,29);/q;+2/p-2. The van der Waals surface area contributed by atoms with Crippen molar-refractivity contribution in [2.75, 3.05) is 0 Å². The van der Waals surface area contributed by atoms with Gasteiger partial charge in [0.15, 0.2) is 0 Å². The first-order valence-corrected chi connectivity index (χ1v) is 12.4. The van der Waals surface area contributed by atoms with Crippen LogP contribution < -0.4 is 10.2 Å². The van der Waals surface area contributed by atoms with Crippen molar-refractivity contribution < 1.29 is 19.8 Å². The summed E-state index contributed by atoms with van der Waals surface area (Å²) >= 11 is 0. The molecule has 0 aliphatic heterocycles. The molecule has 0 aromatic rings. The SMILES string of the molecule is CCCCCCCCCCCCC(CCCCCCCCCC)(C(=O)[O-])C(=O)[O-].[Ca+2]. The molecule has 0 amide bonds. The van der Waals surface area contributed by atoms with E-state index in [0.717, 1.165) is 38.5 Å². The monoisotopic (exact) mass is 450 g/mol. The Balaban J connectivity index is 0. The van der Waals surface area contributed by atoms with Crippen LogP contribution in [0.5, 0.6) is 0 Å². The van der Waals surface area contributed by atoms with E-state index in [1.807, 2.05) is 0 Å². The van der Waals surface area contributed by atoms with Crippen LogP contribution in [0.2, 0.25) is 0 Å². The molecule has 30 heavy (non-hydrogen) atoms. The van der Waals surface area contributed by atoms with Gasteiger partial charge in [0, 0.05) is 5.41 Å². The predicted octanol–water partition coefficient (Wildman–Crippen LogP) is 4.93. The van der Waals surface area contributed by atoms with E-state index in [-0.39, 0.29) is 50.6 Å². The summed E-state index contributed by atoms with van der Waals surface area (Å²) in [6, 6.07) is 0. The average molecular weight is 451 g/mol. The Labute approximate surface area is 216 Å². The Hall–Kier alpha value is 0.200. The first-order chi connectivity index (χ1) is 14.0. The van der Waals surface area contributed by atoms with Crippen LogP contribution in [0.4, 0.5) is 0 Å². The molecule has 0 N–H and O–H groups in total. The van der Waals surface area contributed by atoms with Crippen LogP contribution in [-0.4, -0.2) is 49.7 Å². The minimum atomic E-state index is -1.80. The summed E-state index contributed by atoms with van der Waals surface area (Å²) < 4.78 is 0. The van der Waals surface area contributed by atoms with E-state index in [1.54, 1.807) is 0 Å². The van der Waals surface area contributed by atoms with Gasteiger partial charge in [-0.25, -0.2) is 0 Å². The zero-order valence-electron chi connectivity index (χ0n) is 20.0. The largest absolute Gasteiger partial charge is 2.00 e. The molecular weight excluding hydrogens is 404 g/mol. The van der Waals surface area contributed by atoms with E-state index in [0.29, 0.717) is 12.8 Å². The van der Waals surface area contributed by atoms with Crippen molar-refractivity contribution in [3.63, 3.8) is 0 Å². The van der Waals surface area contributed by atoms with Gasteiger partial charge in [0.1, 0.15) is 0 Å². The van der Waals surface area contributed by atoms with Crippen molar-refractivity contribution in [1.29, 1.82) is 0 Å². The molecule has 0 heterocycles. The minimum Gasteiger partial charge on any atom is -0.549 e. The molecule has 0 saturated carbocycles. The van der Waals surface area contributed by atoms with E-state index < -0.39 is 17.4 Å². The van der Waals surface area contributed by atoms with Crippen LogP contribution in [-0.2, 0) is 9.59 Å².